The summed E-state index contributed by atoms with van der Waals surface area (Å²) in [6, 6.07) is 0. The fraction of sp³-hybridized carbons (Fsp3) is 0.974. The van der Waals surface area contributed by atoms with E-state index >= 15 is 0 Å². The van der Waals surface area contributed by atoms with E-state index in [0.717, 1.165) is 31.8 Å². The van der Waals surface area contributed by atoms with Crippen LogP contribution in [0.4, 0.5) is 0 Å². The van der Waals surface area contributed by atoms with Gasteiger partial charge in [0.1, 0.15) is 0 Å². The molecule has 0 spiro atoms. The van der Waals surface area contributed by atoms with E-state index in [9.17, 15) is 4.79 Å². The molecule has 0 saturated carbocycles. The fourth-order valence-corrected chi connectivity index (χ4v) is 6.18. The van der Waals surface area contributed by atoms with Crippen LogP contribution in [0.2, 0.25) is 0 Å². The monoisotopic (exact) mass is 595 g/mol. The normalized spacial score (nSPS) is 14.5. The van der Waals surface area contributed by atoms with Gasteiger partial charge in [-0.1, -0.05) is 109 Å². The molecule has 0 rings (SSSR count). The predicted octanol–water partition coefficient (Wildman–Crippen LogP) is 10.3. The second kappa shape index (κ2) is 19.0. The number of carbonyl (C=O) groups is 1. The van der Waals surface area contributed by atoms with Crippen LogP contribution in [0.5, 0.6) is 0 Å². The van der Waals surface area contributed by atoms with Crippen LogP contribution in [0, 0.1) is 39.4 Å². The van der Waals surface area contributed by atoms with Crippen LogP contribution in [0.1, 0.15) is 154 Å². The molecule has 4 heteroatoms. The van der Waals surface area contributed by atoms with E-state index in [0.29, 0.717) is 24.9 Å². The van der Waals surface area contributed by atoms with Crippen LogP contribution < -0.4 is 0 Å². The molecule has 0 heterocycles. The zero-order valence-corrected chi connectivity index (χ0v) is 31.5. The quantitative estimate of drug-likeness (QED) is 0.0822. The van der Waals surface area contributed by atoms with Crippen molar-refractivity contribution >= 4 is 5.97 Å². The van der Waals surface area contributed by atoms with Gasteiger partial charge in [0.2, 0.25) is 0 Å². The Bertz CT molecular complexity index is 721. The van der Waals surface area contributed by atoms with E-state index in [-0.39, 0.29) is 27.6 Å². The van der Waals surface area contributed by atoms with Gasteiger partial charge in [-0.15, -0.1) is 0 Å². The number of ether oxygens (including phenoxy) is 1. The predicted molar refractivity (Wildman–Crippen MR) is 186 cm³/mol. The van der Waals surface area contributed by atoms with Gasteiger partial charge in [0.05, 0.1) is 6.61 Å². The topological polar surface area (TPSA) is 32.8 Å². The second-order valence-electron chi connectivity index (χ2n) is 17.3. The maximum absolute atomic E-state index is 12.7. The SMILES string of the molecule is CCCCN(CCCCC(C)(C)C(C)(C)CCC(=O)OCCC(CCC(C)C)C(C)C)CC(C)(C)C(C)(C)CN(C)C. The molecule has 0 radical (unpaired) electrons. The Morgan fingerprint density at radius 2 is 1.24 bits per heavy atom. The molecule has 0 bridgehead atoms. The molecule has 0 amide bonds. The first-order chi connectivity index (χ1) is 19.2. The minimum atomic E-state index is -0.0170. The van der Waals surface area contributed by atoms with Crippen LogP contribution >= 0.6 is 0 Å². The lowest BCUT2D eigenvalue weighted by Crippen LogP contribution is -2.48. The van der Waals surface area contributed by atoms with Gasteiger partial charge >= 0.3 is 5.97 Å². The van der Waals surface area contributed by atoms with Crippen molar-refractivity contribution in [1.29, 1.82) is 0 Å². The summed E-state index contributed by atoms with van der Waals surface area (Å²) in [5.41, 5.74) is 0.751. The average Bonchev–Trinajstić information content (AvgIpc) is 2.84. The van der Waals surface area contributed by atoms with Crippen molar-refractivity contribution in [1.82, 2.24) is 9.80 Å². The van der Waals surface area contributed by atoms with Crippen molar-refractivity contribution in [2.45, 2.75) is 154 Å². The van der Waals surface area contributed by atoms with Crippen LogP contribution in [-0.2, 0) is 9.53 Å². The highest BCUT2D eigenvalue weighted by Crippen LogP contribution is 2.46. The Kier molecular flexibility index (Phi) is 18.8. The first-order valence-electron chi connectivity index (χ1n) is 17.7. The maximum atomic E-state index is 12.7. The van der Waals surface area contributed by atoms with Crippen LogP contribution in [-0.4, -0.2) is 62.7 Å². The largest absolute Gasteiger partial charge is 0.466 e. The number of rotatable bonds is 24. The van der Waals surface area contributed by atoms with Gasteiger partial charge < -0.3 is 14.5 Å². The van der Waals surface area contributed by atoms with E-state index in [4.69, 9.17) is 4.74 Å². The Morgan fingerprint density at radius 1 is 0.690 bits per heavy atom. The van der Waals surface area contributed by atoms with Crippen LogP contribution in [0.25, 0.3) is 0 Å². The highest BCUT2D eigenvalue weighted by atomic mass is 16.5. The third-order valence-corrected chi connectivity index (χ3v) is 11.1. The Labute approximate surface area is 265 Å². The Morgan fingerprint density at radius 3 is 1.76 bits per heavy atom. The van der Waals surface area contributed by atoms with E-state index in [1.54, 1.807) is 0 Å². The molecule has 0 fully saturated rings. The van der Waals surface area contributed by atoms with Crippen molar-refractivity contribution < 1.29 is 9.53 Å². The number of hydrogen-bond donors (Lipinski definition) is 0. The van der Waals surface area contributed by atoms with Crippen molar-refractivity contribution in [2.24, 2.45) is 39.4 Å². The lowest BCUT2D eigenvalue weighted by molar-refractivity contribution is -0.145. The molecule has 42 heavy (non-hydrogen) atoms. The maximum Gasteiger partial charge on any atom is 0.305 e. The molecule has 0 aliphatic heterocycles. The van der Waals surface area contributed by atoms with Crippen molar-refractivity contribution in [2.75, 3.05) is 46.9 Å². The molecule has 1 atom stereocenters. The molecule has 1 unspecified atom stereocenters. The summed E-state index contributed by atoms with van der Waals surface area (Å²) in [5, 5.41) is 0. The first kappa shape index (κ1) is 41.4. The van der Waals surface area contributed by atoms with Gasteiger partial charge in [-0.3, -0.25) is 4.79 Å². The molecule has 0 aromatic heterocycles. The van der Waals surface area contributed by atoms with Gasteiger partial charge in [0, 0.05) is 19.5 Å². The zero-order chi connectivity index (χ0) is 32.8. The number of unbranched alkanes of at least 4 members (excludes halogenated alkanes) is 2. The fourth-order valence-electron chi connectivity index (χ4n) is 6.18. The zero-order valence-electron chi connectivity index (χ0n) is 31.5. The lowest BCUT2D eigenvalue weighted by Gasteiger charge is -2.46. The molecular formula is C38H78N2O2. The minimum Gasteiger partial charge on any atom is -0.466 e. The Hall–Kier alpha value is -0.610. The number of esters is 1. The minimum absolute atomic E-state index is 0.0170. The highest BCUT2D eigenvalue weighted by Gasteiger charge is 2.39. The summed E-state index contributed by atoms with van der Waals surface area (Å²) in [6.45, 7) is 36.0. The number of nitrogens with zero attached hydrogens (tertiary/aromatic N) is 2. The molecule has 4 nitrogen and oxygen atoms in total. The summed E-state index contributed by atoms with van der Waals surface area (Å²) in [4.78, 5) is 17.7. The number of hydrogen-bond acceptors (Lipinski definition) is 4. The molecule has 0 aromatic carbocycles. The first-order valence-corrected chi connectivity index (χ1v) is 17.7. The summed E-state index contributed by atoms with van der Waals surface area (Å²) >= 11 is 0. The van der Waals surface area contributed by atoms with E-state index in [1.165, 1.54) is 58.0 Å². The van der Waals surface area contributed by atoms with Crippen LogP contribution in [0.15, 0.2) is 0 Å². The van der Waals surface area contributed by atoms with Crippen molar-refractivity contribution in [3.63, 3.8) is 0 Å². The molecule has 0 saturated heterocycles. The van der Waals surface area contributed by atoms with E-state index in [1.807, 2.05) is 0 Å². The van der Waals surface area contributed by atoms with E-state index in [2.05, 4.69) is 114 Å². The van der Waals surface area contributed by atoms with Gasteiger partial charge in [-0.2, -0.15) is 0 Å². The molecule has 0 aliphatic rings. The van der Waals surface area contributed by atoms with Crippen LogP contribution in [0.3, 0.4) is 0 Å². The van der Waals surface area contributed by atoms with Crippen molar-refractivity contribution in [3.8, 4) is 0 Å². The molecule has 0 N–H and O–H groups in total. The van der Waals surface area contributed by atoms with Gasteiger partial charge in [0.25, 0.3) is 0 Å². The highest BCUT2D eigenvalue weighted by molar-refractivity contribution is 5.69. The number of carbonyl (C=O) groups excluding carboxylic acids is 1. The third-order valence-electron chi connectivity index (χ3n) is 11.1. The molecule has 252 valence electrons. The second-order valence-corrected chi connectivity index (χ2v) is 17.3. The van der Waals surface area contributed by atoms with Crippen molar-refractivity contribution in [3.05, 3.63) is 0 Å². The molecule has 0 aliphatic carbocycles. The lowest BCUT2D eigenvalue weighted by atomic mass is 9.63. The van der Waals surface area contributed by atoms with E-state index < -0.39 is 0 Å². The summed E-state index contributed by atoms with van der Waals surface area (Å²) in [5.74, 6) is 2.00. The third kappa shape index (κ3) is 15.9. The summed E-state index contributed by atoms with van der Waals surface area (Å²) in [6.07, 6.45) is 11.1. The van der Waals surface area contributed by atoms with Gasteiger partial charge in [-0.05, 0) is 105 Å². The van der Waals surface area contributed by atoms with Gasteiger partial charge in [0.15, 0.2) is 0 Å². The summed E-state index contributed by atoms with van der Waals surface area (Å²) in [7, 11) is 4.38. The smallest absolute Gasteiger partial charge is 0.305 e. The molecule has 0 aromatic rings. The average molecular weight is 595 g/mol. The standard InChI is InChI=1S/C38H78N2O2/c1-16-17-26-40(30-38(12,13)37(10,11)29-39(14)15)27-19-18-24-35(6,7)36(8,9)25-22-34(41)42-28-23-33(32(4)5)21-20-31(2)3/h31-33H,16-30H2,1-15H3. The molecular weight excluding hydrogens is 516 g/mol. The Balaban J connectivity index is 4.82. The summed E-state index contributed by atoms with van der Waals surface area (Å²) < 4.78 is 5.73. The van der Waals surface area contributed by atoms with Gasteiger partial charge in [-0.25, -0.2) is 0 Å².